The topological polar surface area (TPSA) is 59.4 Å². The van der Waals surface area contributed by atoms with Crippen LogP contribution in [0.15, 0.2) is 12.4 Å². The highest BCUT2D eigenvalue weighted by Crippen LogP contribution is 2.40. The molecule has 128 valence electrons. The van der Waals surface area contributed by atoms with Crippen LogP contribution < -0.4 is 4.74 Å². The highest BCUT2D eigenvalue weighted by atomic mass is 35.5. The fraction of sp³-hybridized carbons (Fsp3) is 0.667. The van der Waals surface area contributed by atoms with Crippen molar-refractivity contribution in [2.75, 3.05) is 6.61 Å². The van der Waals surface area contributed by atoms with Gasteiger partial charge in [-0.1, -0.05) is 37.8 Å². The van der Waals surface area contributed by atoms with Crippen molar-refractivity contribution in [2.45, 2.75) is 58.0 Å². The third-order valence-corrected chi connectivity index (χ3v) is 5.24. The van der Waals surface area contributed by atoms with Gasteiger partial charge in [0.1, 0.15) is 5.75 Å². The third kappa shape index (κ3) is 4.45. The number of ether oxygens (including phenoxy) is 1. The predicted octanol–water partition coefficient (Wildman–Crippen LogP) is 4.28. The number of aldehydes is 1. The summed E-state index contributed by atoms with van der Waals surface area (Å²) in [7, 11) is 0. The van der Waals surface area contributed by atoms with Crippen LogP contribution in [0.3, 0.4) is 0 Å². The lowest BCUT2D eigenvalue weighted by Crippen LogP contribution is -2.42. The number of hydrogen-bond acceptors (Lipinski definition) is 4. The number of carbonyl (C=O) groups is 1. The quantitative estimate of drug-likeness (QED) is 0.753. The minimum atomic E-state index is -0.663. The van der Waals surface area contributed by atoms with Crippen LogP contribution in [-0.2, 0) is 0 Å². The van der Waals surface area contributed by atoms with Gasteiger partial charge in [-0.25, -0.2) is 0 Å². The first-order chi connectivity index (χ1) is 11.0. The van der Waals surface area contributed by atoms with Gasteiger partial charge in [0.05, 0.1) is 29.0 Å². The second-order valence-corrected chi connectivity index (χ2v) is 7.13. The Bertz CT molecular complexity index is 533. The molecule has 1 heterocycles. The fourth-order valence-electron chi connectivity index (χ4n) is 3.77. The van der Waals surface area contributed by atoms with Crippen LogP contribution in [0, 0.1) is 11.8 Å². The summed E-state index contributed by atoms with van der Waals surface area (Å²) in [5.74, 6) is 0.929. The minimum Gasteiger partial charge on any atom is -0.491 e. The smallest absolute Gasteiger partial charge is 0.155 e. The zero-order chi connectivity index (χ0) is 16.9. The molecular weight excluding hydrogens is 314 g/mol. The van der Waals surface area contributed by atoms with Crippen LogP contribution >= 0.6 is 11.6 Å². The third-order valence-electron chi connectivity index (χ3n) is 4.94. The van der Waals surface area contributed by atoms with Crippen molar-refractivity contribution in [3.05, 3.63) is 23.0 Å². The standard InChI is InChI=1S/C18H26ClNO3/c1-3-8-18(2,22)15-7-5-4-6-13(15)12-23-17-10-20-9-16(19)14(17)11-21/h9-11,13,15,22H,3-8,12H2,1-2H3. The van der Waals surface area contributed by atoms with E-state index in [1.807, 2.05) is 6.92 Å². The van der Waals surface area contributed by atoms with E-state index in [0.29, 0.717) is 29.2 Å². The van der Waals surface area contributed by atoms with Crippen molar-refractivity contribution < 1.29 is 14.6 Å². The molecule has 0 bridgehead atoms. The van der Waals surface area contributed by atoms with Gasteiger partial charge in [0, 0.05) is 6.20 Å². The molecule has 0 amide bonds. The van der Waals surface area contributed by atoms with Crippen molar-refractivity contribution in [3.63, 3.8) is 0 Å². The second kappa shape index (κ2) is 8.11. The first-order valence-electron chi connectivity index (χ1n) is 8.43. The molecule has 2 rings (SSSR count). The zero-order valence-electron chi connectivity index (χ0n) is 13.9. The summed E-state index contributed by atoms with van der Waals surface area (Å²) in [5.41, 5.74) is -0.321. The van der Waals surface area contributed by atoms with E-state index < -0.39 is 5.60 Å². The molecule has 23 heavy (non-hydrogen) atoms. The predicted molar refractivity (Wildman–Crippen MR) is 91.1 cm³/mol. The molecule has 0 aliphatic heterocycles. The van der Waals surface area contributed by atoms with Crippen LogP contribution in [0.25, 0.3) is 0 Å². The number of aromatic nitrogens is 1. The largest absolute Gasteiger partial charge is 0.491 e. The Labute approximate surface area is 143 Å². The maximum atomic E-state index is 11.2. The Morgan fingerprint density at radius 1 is 1.43 bits per heavy atom. The summed E-state index contributed by atoms with van der Waals surface area (Å²) in [5, 5.41) is 11.1. The van der Waals surface area contributed by atoms with Crippen LogP contribution in [0.5, 0.6) is 5.75 Å². The number of aliphatic hydroxyl groups is 1. The van der Waals surface area contributed by atoms with Gasteiger partial charge in [-0.15, -0.1) is 0 Å². The van der Waals surface area contributed by atoms with Crippen molar-refractivity contribution in [1.29, 1.82) is 0 Å². The number of rotatable bonds is 7. The Morgan fingerprint density at radius 3 is 2.87 bits per heavy atom. The number of hydrogen-bond donors (Lipinski definition) is 1. The van der Waals surface area contributed by atoms with E-state index in [0.717, 1.165) is 38.5 Å². The number of halogens is 1. The van der Waals surface area contributed by atoms with Crippen molar-refractivity contribution >= 4 is 17.9 Å². The average molecular weight is 340 g/mol. The zero-order valence-corrected chi connectivity index (χ0v) is 14.7. The summed E-state index contributed by atoms with van der Waals surface area (Å²) in [4.78, 5) is 15.2. The maximum Gasteiger partial charge on any atom is 0.155 e. The van der Waals surface area contributed by atoms with Crippen molar-refractivity contribution in [3.8, 4) is 5.75 Å². The molecule has 3 unspecified atom stereocenters. The Hall–Kier alpha value is -1.13. The van der Waals surface area contributed by atoms with E-state index >= 15 is 0 Å². The lowest BCUT2D eigenvalue weighted by Gasteiger charge is -2.41. The van der Waals surface area contributed by atoms with E-state index in [9.17, 15) is 9.90 Å². The van der Waals surface area contributed by atoms with Crippen LogP contribution in [0.2, 0.25) is 5.02 Å². The monoisotopic (exact) mass is 339 g/mol. The molecule has 0 spiro atoms. The normalized spacial score (nSPS) is 24.0. The van der Waals surface area contributed by atoms with Gasteiger partial charge in [-0.3, -0.25) is 9.78 Å². The van der Waals surface area contributed by atoms with E-state index in [4.69, 9.17) is 16.3 Å². The van der Waals surface area contributed by atoms with Gasteiger partial charge in [0.2, 0.25) is 0 Å². The minimum absolute atomic E-state index is 0.225. The van der Waals surface area contributed by atoms with Gasteiger partial charge < -0.3 is 9.84 Å². The molecule has 0 radical (unpaired) electrons. The lowest BCUT2D eigenvalue weighted by atomic mass is 9.69. The molecule has 1 aliphatic rings. The molecule has 0 aromatic carbocycles. The van der Waals surface area contributed by atoms with Gasteiger partial charge in [-0.05, 0) is 38.0 Å². The summed E-state index contributed by atoms with van der Waals surface area (Å²) >= 11 is 5.98. The highest BCUT2D eigenvalue weighted by molar-refractivity contribution is 6.33. The molecule has 4 nitrogen and oxygen atoms in total. The summed E-state index contributed by atoms with van der Waals surface area (Å²) in [6, 6.07) is 0. The van der Waals surface area contributed by atoms with Gasteiger partial charge in [0.25, 0.3) is 0 Å². The summed E-state index contributed by atoms with van der Waals surface area (Å²) in [6.45, 7) is 4.52. The summed E-state index contributed by atoms with van der Waals surface area (Å²) < 4.78 is 5.86. The number of carbonyl (C=O) groups excluding carboxylic acids is 1. The van der Waals surface area contributed by atoms with Gasteiger partial charge in [0.15, 0.2) is 6.29 Å². The molecule has 1 fully saturated rings. The molecule has 5 heteroatoms. The van der Waals surface area contributed by atoms with Crippen LogP contribution in [0.1, 0.15) is 62.7 Å². The van der Waals surface area contributed by atoms with E-state index in [1.54, 1.807) is 0 Å². The first kappa shape index (κ1) is 18.2. The molecule has 3 atom stereocenters. The van der Waals surface area contributed by atoms with Crippen LogP contribution in [-0.4, -0.2) is 28.6 Å². The molecule has 0 saturated heterocycles. The fourth-order valence-corrected chi connectivity index (χ4v) is 3.96. The maximum absolute atomic E-state index is 11.2. The van der Waals surface area contributed by atoms with E-state index in [2.05, 4.69) is 11.9 Å². The lowest BCUT2D eigenvalue weighted by molar-refractivity contribution is -0.0579. The van der Waals surface area contributed by atoms with E-state index in [1.165, 1.54) is 12.4 Å². The SMILES string of the molecule is CCCC(C)(O)C1CCCCC1COc1cncc(Cl)c1C=O. The molecule has 1 aromatic rings. The summed E-state index contributed by atoms with van der Waals surface area (Å²) in [6.07, 6.45) is 9.79. The molecule has 1 N–H and O–H groups in total. The first-order valence-corrected chi connectivity index (χ1v) is 8.81. The Morgan fingerprint density at radius 2 is 2.17 bits per heavy atom. The Kier molecular flexibility index (Phi) is 6.42. The molecule has 1 aromatic heterocycles. The number of pyridine rings is 1. The average Bonchev–Trinajstić information content (AvgIpc) is 2.53. The van der Waals surface area contributed by atoms with Gasteiger partial charge in [-0.2, -0.15) is 0 Å². The van der Waals surface area contributed by atoms with Crippen LogP contribution in [0.4, 0.5) is 0 Å². The van der Waals surface area contributed by atoms with E-state index in [-0.39, 0.29) is 11.8 Å². The molecular formula is C18H26ClNO3. The molecule has 1 saturated carbocycles. The molecule has 1 aliphatic carbocycles. The Balaban J connectivity index is 2.08. The van der Waals surface area contributed by atoms with Gasteiger partial charge >= 0.3 is 0 Å². The second-order valence-electron chi connectivity index (χ2n) is 6.72. The van der Waals surface area contributed by atoms with Crippen molar-refractivity contribution in [2.24, 2.45) is 11.8 Å². The number of nitrogens with zero attached hydrogens (tertiary/aromatic N) is 1. The highest BCUT2D eigenvalue weighted by Gasteiger charge is 2.38. The van der Waals surface area contributed by atoms with Crippen molar-refractivity contribution in [1.82, 2.24) is 4.98 Å².